The summed E-state index contributed by atoms with van der Waals surface area (Å²) in [5.74, 6) is -0.990. The number of β-amino-alcohol motifs (C(OH)–C–C–N with tert-alkyl or cyclic N) is 1. The Morgan fingerprint density at radius 3 is 2.25 bits per heavy atom. The van der Waals surface area contributed by atoms with Gasteiger partial charge in [0.2, 0.25) is 11.8 Å². The van der Waals surface area contributed by atoms with Crippen molar-refractivity contribution >= 4 is 38.5 Å². The predicted octanol–water partition coefficient (Wildman–Crippen LogP) is 4.05. The van der Waals surface area contributed by atoms with Gasteiger partial charge < -0.3 is 21.1 Å². The molecule has 1 aliphatic heterocycles. The number of aliphatic hydroxyl groups excluding tert-OH is 1. The van der Waals surface area contributed by atoms with Crippen LogP contribution in [0.1, 0.15) is 82.8 Å². The average Bonchev–Trinajstić information content (AvgIpc) is 3.51. The summed E-state index contributed by atoms with van der Waals surface area (Å²) < 4.78 is 24.1. The molecule has 2 aromatic carbocycles. The second kappa shape index (κ2) is 15.2. The molecule has 5 rings (SSSR count). The van der Waals surface area contributed by atoms with Crippen LogP contribution in [0.15, 0.2) is 60.7 Å². The third kappa shape index (κ3) is 8.73. The lowest BCUT2D eigenvalue weighted by Crippen LogP contribution is -2.64. The van der Waals surface area contributed by atoms with Crippen LogP contribution in [0.4, 0.5) is 0 Å². The van der Waals surface area contributed by atoms with Crippen LogP contribution in [0, 0.1) is 11.8 Å². The van der Waals surface area contributed by atoms with E-state index in [0.717, 1.165) is 47.8 Å². The molecule has 0 bridgehead atoms. The Bertz CT molecular complexity index is 1780. The predicted molar refractivity (Wildman–Crippen MR) is 200 cm³/mol. The van der Waals surface area contributed by atoms with E-state index in [9.17, 15) is 27.9 Å². The molecule has 0 unspecified atom stereocenters. The quantitative estimate of drug-likeness (QED) is 0.230. The first-order valence-corrected chi connectivity index (χ1v) is 19.9. The number of sulfone groups is 1. The van der Waals surface area contributed by atoms with Gasteiger partial charge in [0.05, 0.1) is 22.9 Å². The first kappa shape index (κ1) is 38.6. The zero-order chi connectivity index (χ0) is 37.3. The van der Waals surface area contributed by atoms with E-state index in [1.54, 1.807) is 6.07 Å². The molecule has 51 heavy (non-hydrogen) atoms. The topological polar surface area (TPSA) is 166 Å². The van der Waals surface area contributed by atoms with Gasteiger partial charge in [-0.05, 0) is 83.4 Å². The van der Waals surface area contributed by atoms with Crippen molar-refractivity contribution < 1.29 is 27.9 Å². The van der Waals surface area contributed by atoms with Crippen LogP contribution in [-0.2, 0) is 25.8 Å². The summed E-state index contributed by atoms with van der Waals surface area (Å²) in [6, 6.07) is 14.9. The van der Waals surface area contributed by atoms with Gasteiger partial charge >= 0.3 is 0 Å². The van der Waals surface area contributed by atoms with Gasteiger partial charge in [0, 0.05) is 35.8 Å². The molecule has 3 amide bonds. The van der Waals surface area contributed by atoms with Crippen LogP contribution in [0.5, 0.6) is 0 Å². The minimum absolute atomic E-state index is 0.0113. The number of hydrogen-bond donors (Lipinski definition) is 4. The Hall–Kier alpha value is -3.58. The zero-order valence-corrected chi connectivity index (χ0v) is 31.6. The summed E-state index contributed by atoms with van der Waals surface area (Å²) >= 11 is 0. The Morgan fingerprint density at radius 2 is 1.63 bits per heavy atom. The Balaban J connectivity index is 1.58. The molecule has 11 nitrogen and oxygen atoms in total. The average molecular weight is 722 g/mol. The maximum absolute atomic E-state index is 14.7. The summed E-state index contributed by atoms with van der Waals surface area (Å²) in [6.07, 6.45) is 4.77. The van der Waals surface area contributed by atoms with E-state index in [1.165, 1.54) is 13.8 Å². The number of nitrogens with one attached hydrogen (secondary N) is 2. The second-order valence-electron chi connectivity index (χ2n) is 16.2. The maximum Gasteiger partial charge on any atom is 0.277 e. The highest BCUT2D eigenvalue weighted by molar-refractivity contribution is 7.92. The summed E-state index contributed by atoms with van der Waals surface area (Å²) in [5.41, 5.74) is 7.58. The van der Waals surface area contributed by atoms with Gasteiger partial charge in [-0.3, -0.25) is 24.2 Å². The smallest absolute Gasteiger partial charge is 0.277 e. The van der Waals surface area contributed by atoms with Crippen LogP contribution in [0.2, 0.25) is 0 Å². The Kier molecular flexibility index (Phi) is 11.5. The van der Waals surface area contributed by atoms with Gasteiger partial charge in [-0.2, -0.15) is 0 Å². The largest absolute Gasteiger partial charge is 0.390 e. The van der Waals surface area contributed by atoms with Crippen molar-refractivity contribution in [1.29, 1.82) is 0 Å². The number of aromatic amines is 1. The number of aromatic nitrogens is 1. The van der Waals surface area contributed by atoms with E-state index in [1.807, 2.05) is 80.3 Å². The van der Waals surface area contributed by atoms with Crippen molar-refractivity contribution in [2.45, 2.75) is 108 Å². The molecule has 5 N–H and O–H groups in total. The van der Waals surface area contributed by atoms with Gasteiger partial charge in [0.25, 0.3) is 5.91 Å². The number of imide groups is 1. The number of piperidine rings is 1. The molecule has 278 valence electrons. The number of carbonyl (C=O) groups is 3. The lowest BCUT2D eigenvalue weighted by molar-refractivity contribution is -0.137. The minimum atomic E-state index is -3.87. The number of fused-ring (bicyclic) bond motifs is 2. The van der Waals surface area contributed by atoms with Crippen molar-refractivity contribution in [2.24, 2.45) is 17.6 Å². The van der Waals surface area contributed by atoms with Crippen molar-refractivity contribution in [2.75, 3.05) is 19.3 Å². The summed E-state index contributed by atoms with van der Waals surface area (Å²) in [5, 5.41) is 16.2. The van der Waals surface area contributed by atoms with Gasteiger partial charge in [-0.25, -0.2) is 8.42 Å². The SMILES string of the molecule is CC(C)(C)NC(=O)[C@@H]1C[C@@H]2CCCC[C@@H]2CN1C[C@@H](O)[C@H](Cc1ccccc1)N(C(=O)c1cc2ccccc2[nH]1)C(=O)[C@@H](N)C(C)(C)S(C)(=O)=O. The number of benzene rings is 2. The minimum Gasteiger partial charge on any atom is -0.390 e. The van der Waals surface area contributed by atoms with Gasteiger partial charge in [-0.1, -0.05) is 67.8 Å². The highest BCUT2D eigenvalue weighted by Crippen LogP contribution is 2.39. The number of hydrogen-bond acceptors (Lipinski definition) is 8. The van der Waals surface area contributed by atoms with Crippen LogP contribution in [-0.4, -0.2) is 99.9 Å². The molecular formula is C39H55N5O6S. The fourth-order valence-electron chi connectivity index (χ4n) is 7.65. The first-order chi connectivity index (χ1) is 23.9. The standard InChI is InChI=1S/C39H55N5O6S/c1-38(2,3)42-35(46)32-22-26-16-10-11-18-28(26)23-43(32)24-33(45)31(20-25-14-8-7-9-15-25)44(37(48)34(40)39(4,5)51(6,49)50)36(47)30-21-27-17-12-13-19-29(27)41-30/h7-9,12-15,17,19,21,26,28,31-34,41,45H,10-11,16,18,20,22-24,40H2,1-6H3,(H,42,46)/t26-,28+,31-,32-,33+,34+/m0/s1. The molecule has 3 aromatic rings. The van der Waals surface area contributed by atoms with Gasteiger partial charge in [0.15, 0.2) is 9.84 Å². The first-order valence-electron chi connectivity index (χ1n) is 18.1. The Labute approximate surface area is 302 Å². The highest BCUT2D eigenvalue weighted by Gasteiger charge is 2.48. The van der Waals surface area contributed by atoms with E-state index in [0.29, 0.717) is 30.3 Å². The highest BCUT2D eigenvalue weighted by atomic mass is 32.2. The summed E-state index contributed by atoms with van der Waals surface area (Å²) in [6.45, 7) is 9.16. The van der Waals surface area contributed by atoms with Crippen LogP contribution < -0.4 is 11.1 Å². The van der Waals surface area contributed by atoms with Crippen molar-refractivity contribution in [3.63, 3.8) is 0 Å². The number of nitrogens with zero attached hydrogens (tertiary/aromatic N) is 2. The molecule has 6 atom stereocenters. The number of amides is 3. The fraction of sp³-hybridized carbons (Fsp3) is 0.564. The Morgan fingerprint density at radius 1 is 1.00 bits per heavy atom. The number of aliphatic hydroxyl groups is 1. The third-order valence-electron chi connectivity index (χ3n) is 11.0. The molecule has 0 radical (unpaired) electrons. The molecule has 2 aliphatic rings. The van der Waals surface area contributed by atoms with Crippen molar-refractivity contribution in [1.82, 2.24) is 20.1 Å². The summed E-state index contributed by atoms with van der Waals surface area (Å²) in [7, 11) is -3.87. The molecule has 1 saturated carbocycles. The molecular weight excluding hydrogens is 667 g/mol. The number of likely N-dealkylation sites (tertiary alicyclic amines) is 1. The number of rotatable bonds is 11. The summed E-state index contributed by atoms with van der Waals surface area (Å²) in [4.78, 5) is 49.2. The van der Waals surface area contributed by atoms with Crippen LogP contribution >= 0.6 is 0 Å². The van der Waals surface area contributed by atoms with Crippen LogP contribution in [0.25, 0.3) is 10.9 Å². The van der Waals surface area contributed by atoms with Crippen LogP contribution in [0.3, 0.4) is 0 Å². The molecule has 1 saturated heterocycles. The van der Waals surface area contributed by atoms with Crippen molar-refractivity contribution in [3.8, 4) is 0 Å². The van der Waals surface area contributed by atoms with E-state index in [4.69, 9.17) is 5.73 Å². The lowest BCUT2D eigenvalue weighted by atomic mass is 9.72. The number of para-hydroxylation sites is 1. The van der Waals surface area contributed by atoms with E-state index < -0.39 is 56.2 Å². The number of carbonyl (C=O) groups excluding carboxylic acids is 3. The monoisotopic (exact) mass is 721 g/mol. The van der Waals surface area contributed by atoms with E-state index in [-0.39, 0.29) is 24.6 Å². The second-order valence-corrected chi connectivity index (χ2v) is 18.8. The lowest BCUT2D eigenvalue weighted by Gasteiger charge is -2.47. The molecule has 1 aliphatic carbocycles. The zero-order valence-electron chi connectivity index (χ0n) is 30.8. The third-order valence-corrected chi connectivity index (χ3v) is 13.1. The van der Waals surface area contributed by atoms with E-state index in [2.05, 4.69) is 10.3 Å². The maximum atomic E-state index is 14.7. The molecule has 0 spiro atoms. The fourth-order valence-corrected chi connectivity index (χ4v) is 8.22. The molecule has 12 heteroatoms. The normalized spacial score (nSPS) is 22.1. The molecule has 1 aromatic heterocycles. The molecule has 2 fully saturated rings. The molecule has 2 heterocycles. The van der Waals surface area contributed by atoms with Crippen molar-refractivity contribution in [3.05, 3.63) is 71.9 Å². The van der Waals surface area contributed by atoms with Gasteiger partial charge in [-0.15, -0.1) is 0 Å². The van der Waals surface area contributed by atoms with E-state index >= 15 is 0 Å². The van der Waals surface area contributed by atoms with Gasteiger partial charge in [0.1, 0.15) is 11.7 Å². The number of nitrogens with two attached hydrogens (primary N) is 1. The number of H-pyrrole nitrogens is 1.